The van der Waals surface area contributed by atoms with Crippen molar-refractivity contribution in [3.8, 4) is 0 Å². The van der Waals surface area contributed by atoms with Crippen molar-refractivity contribution in [2.45, 2.75) is 12.5 Å². The molecule has 1 rings (SSSR count). The monoisotopic (exact) mass is 182 g/mol. The van der Waals surface area contributed by atoms with Crippen LogP contribution in [0.25, 0.3) is 0 Å². The fourth-order valence-corrected chi connectivity index (χ4v) is 1.39. The van der Waals surface area contributed by atoms with Gasteiger partial charge in [0.05, 0.1) is 7.11 Å². The van der Waals surface area contributed by atoms with E-state index in [4.69, 9.17) is 4.74 Å². The molecule has 1 aliphatic carbocycles. The number of hydrogen-bond donors (Lipinski definition) is 0. The van der Waals surface area contributed by atoms with E-state index in [1.807, 2.05) is 24.3 Å². The van der Waals surface area contributed by atoms with Crippen LogP contribution in [0.15, 0.2) is 24.3 Å². The van der Waals surface area contributed by atoms with E-state index in [1.54, 1.807) is 0 Å². The van der Waals surface area contributed by atoms with Gasteiger partial charge < -0.3 is 9.47 Å². The predicted octanol–water partition coefficient (Wildman–Crippen LogP) is 1.31. The SMILES string of the molecule is COC(=O)C(OC)C1C=CC=CC1. The lowest BCUT2D eigenvalue weighted by molar-refractivity contribution is -0.154. The highest BCUT2D eigenvalue weighted by atomic mass is 16.6. The van der Waals surface area contributed by atoms with Crippen molar-refractivity contribution in [3.63, 3.8) is 0 Å². The predicted molar refractivity (Wildman–Crippen MR) is 49.2 cm³/mol. The van der Waals surface area contributed by atoms with E-state index in [0.29, 0.717) is 0 Å². The maximum Gasteiger partial charge on any atom is 0.335 e. The molecular formula is C10H14O3. The van der Waals surface area contributed by atoms with Gasteiger partial charge in [-0.1, -0.05) is 24.3 Å². The summed E-state index contributed by atoms with van der Waals surface area (Å²) < 4.78 is 9.72. The van der Waals surface area contributed by atoms with Gasteiger partial charge in [-0.25, -0.2) is 4.79 Å². The summed E-state index contributed by atoms with van der Waals surface area (Å²) in [6, 6.07) is 0. The molecular weight excluding hydrogens is 168 g/mol. The normalized spacial score (nSPS) is 22.8. The van der Waals surface area contributed by atoms with Crippen molar-refractivity contribution < 1.29 is 14.3 Å². The molecule has 0 N–H and O–H groups in total. The zero-order valence-corrected chi connectivity index (χ0v) is 7.90. The summed E-state index contributed by atoms with van der Waals surface area (Å²) in [5, 5.41) is 0. The van der Waals surface area contributed by atoms with E-state index < -0.39 is 6.10 Å². The van der Waals surface area contributed by atoms with E-state index in [-0.39, 0.29) is 11.9 Å². The van der Waals surface area contributed by atoms with Gasteiger partial charge in [0.1, 0.15) is 0 Å². The first-order chi connectivity index (χ1) is 6.29. The van der Waals surface area contributed by atoms with Gasteiger partial charge in [-0.15, -0.1) is 0 Å². The highest BCUT2D eigenvalue weighted by molar-refractivity contribution is 5.75. The smallest absolute Gasteiger partial charge is 0.335 e. The Morgan fingerprint density at radius 2 is 2.23 bits per heavy atom. The average molecular weight is 182 g/mol. The quantitative estimate of drug-likeness (QED) is 0.617. The molecule has 0 aromatic heterocycles. The van der Waals surface area contributed by atoms with E-state index in [9.17, 15) is 4.79 Å². The van der Waals surface area contributed by atoms with Crippen molar-refractivity contribution in [2.24, 2.45) is 5.92 Å². The Morgan fingerprint density at radius 3 is 2.69 bits per heavy atom. The molecule has 0 aliphatic heterocycles. The van der Waals surface area contributed by atoms with Crippen LogP contribution in [0.4, 0.5) is 0 Å². The summed E-state index contributed by atoms with van der Waals surface area (Å²) in [5.41, 5.74) is 0. The van der Waals surface area contributed by atoms with Crippen LogP contribution in [0, 0.1) is 5.92 Å². The van der Waals surface area contributed by atoms with Crippen LogP contribution in [0.3, 0.4) is 0 Å². The van der Waals surface area contributed by atoms with Crippen LogP contribution in [0.5, 0.6) is 0 Å². The van der Waals surface area contributed by atoms with E-state index >= 15 is 0 Å². The van der Waals surface area contributed by atoms with Crippen LogP contribution in [0.1, 0.15) is 6.42 Å². The summed E-state index contributed by atoms with van der Waals surface area (Å²) in [6.07, 6.45) is 8.20. The molecule has 2 atom stereocenters. The first-order valence-electron chi connectivity index (χ1n) is 4.23. The Balaban J connectivity index is 2.61. The van der Waals surface area contributed by atoms with E-state index in [1.165, 1.54) is 14.2 Å². The lowest BCUT2D eigenvalue weighted by atomic mass is 9.95. The van der Waals surface area contributed by atoms with Crippen LogP contribution >= 0.6 is 0 Å². The number of hydrogen-bond acceptors (Lipinski definition) is 3. The minimum absolute atomic E-state index is 0.0995. The third-order valence-electron chi connectivity index (χ3n) is 2.09. The molecule has 0 radical (unpaired) electrons. The molecule has 2 unspecified atom stereocenters. The Bertz CT molecular complexity index is 230. The van der Waals surface area contributed by atoms with Gasteiger partial charge in [0.15, 0.2) is 6.10 Å². The highest BCUT2D eigenvalue weighted by Crippen LogP contribution is 2.18. The van der Waals surface area contributed by atoms with Gasteiger partial charge in [0.2, 0.25) is 0 Å². The van der Waals surface area contributed by atoms with E-state index in [0.717, 1.165) is 6.42 Å². The largest absolute Gasteiger partial charge is 0.467 e. The third-order valence-corrected chi connectivity index (χ3v) is 2.09. The van der Waals surface area contributed by atoms with Crippen molar-refractivity contribution in [3.05, 3.63) is 24.3 Å². The number of ether oxygens (including phenoxy) is 2. The second-order valence-electron chi connectivity index (χ2n) is 2.89. The number of carbonyl (C=O) groups excluding carboxylic acids is 1. The molecule has 0 fully saturated rings. The van der Waals surface area contributed by atoms with Crippen molar-refractivity contribution >= 4 is 5.97 Å². The molecule has 0 saturated carbocycles. The second-order valence-corrected chi connectivity index (χ2v) is 2.89. The lowest BCUT2D eigenvalue weighted by Gasteiger charge is -2.21. The highest BCUT2D eigenvalue weighted by Gasteiger charge is 2.26. The first-order valence-corrected chi connectivity index (χ1v) is 4.23. The van der Waals surface area contributed by atoms with Crippen molar-refractivity contribution in [2.75, 3.05) is 14.2 Å². The Morgan fingerprint density at radius 1 is 1.46 bits per heavy atom. The van der Waals surface area contributed by atoms with Gasteiger partial charge in [-0.3, -0.25) is 0 Å². The van der Waals surface area contributed by atoms with E-state index in [2.05, 4.69) is 4.74 Å². The lowest BCUT2D eigenvalue weighted by Crippen LogP contribution is -2.31. The Hall–Kier alpha value is -1.09. The van der Waals surface area contributed by atoms with Gasteiger partial charge in [-0.05, 0) is 6.42 Å². The van der Waals surface area contributed by atoms with Crippen LogP contribution in [-0.4, -0.2) is 26.3 Å². The Kier molecular flexibility index (Phi) is 3.71. The number of esters is 1. The molecule has 72 valence electrons. The van der Waals surface area contributed by atoms with Gasteiger partial charge in [-0.2, -0.15) is 0 Å². The van der Waals surface area contributed by atoms with Crippen molar-refractivity contribution in [1.29, 1.82) is 0 Å². The summed E-state index contributed by atoms with van der Waals surface area (Å²) >= 11 is 0. The minimum Gasteiger partial charge on any atom is -0.467 e. The molecule has 1 aliphatic rings. The summed E-state index contributed by atoms with van der Waals surface area (Å²) in [5.74, 6) is -0.213. The number of rotatable bonds is 3. The molecule has 0 bridgehead atoms. The fourth-order valence-electron chi connectivity index (χ4n) is 1.39. The third kappa shape index (κ3) is 2.42. The number of methoxy groups -OCH3 is 2. The average Bonchev–Trinajstić information content (AvgIpc) is 2.20. The standard InChI is InChI=1S/C10H14O3/c1-12-9(10(11)13-2)8-6-4-3-5-7-8/h3-6,8-9H,7H2,1-2H3. The zero-order chi connectivity index (χ0) is 9.68. The topological polar surface area (TPSA) is 35.5 Å². The molecule has 0 saturated heterocycles. The number of allylic oxidation sites excluding steroid dienone is 3. The van der Waals surface area contributed by atoms with Crippen LogP contribution in [-0.2, 0) is 14.3 Å². The van der Waals surface area contributed by atoms with Crippen LogP contribution in [0.2, 0.25) is 0 Å². The van der Waals surface area contributed by atoms with Crippen molar-refractivity contribution in [1.82, 2.24) is 0 Å². The molecule has 0 amide bonds. The molecule has 3 nitrogen and oxygen atoms in total. The molecule has 0 aromatic rings. The summed E-state index contributed by atoms with van der Waals surface area (Å²) in [4.78, 5) is 11.2. The summed E-state index contributed by atoms with van der Waals surface area (Å²) in [6.45, 7) is 0. The van der Waals surface area contributed by atoms with Gasteiger partial charge in [0.25, 0.3) is 0 Å². The molecule has 0 spiro atoms. The molecule has 3 heteroatoms. The van der Waals surface area contributed by atoms with Crippen LogP contribution < -0.4 is 0 Å². The molecule has 13 heavy (non-hydrogen) atoms. The zero-order valence-electron chi connectivity index (χ0n) is 7.90. The number of carbonyl (C=O) groups is 1. The molecule has 0 heterocycles. The summed E-state index contributed by atoms with van der Waals surface area (Å²) in [7, 11) is 2.89. The van der Waals surface area contributed by atoms with Gasteiger partial charge in [0, 0.05) is 13.0 Å². The fraction of sp³-hybridized carbons (Fsp3) is 0.500. The molecule has 0 aromatic carbocycles. The minimum atomic E-state index is -0.480. The Labute approximate surface area is 78.0 Å². The second kappa shape index (κ2) is 4.82. The maximum atomic E-state index is 11.2. The first kappa shape index (κ1) is 9.99. The van der Waals surface area contributed by atoms with Gasteiger partial charge >= 0.3 is 5.97 Å². The maximum absolute atomic E-state index is 11.2.